The lowest BCUT2D eigenvalue weighted by Crippen LogP contribution is -2.01. The minimum Gasteiger partial charge on any atom is -0.496 e. The summed E-state index contributed by atoms with van der Waals surface area (Å²) >= 11 is 3.70. The van der Waals surface area contributed by atoms with Gasteiger partial charge in [-0.2, -0.15) is 0 Å². The van der Waals surface area contributed by atoms with Crippen molar-refractivity contribution in [3.8, 4) is 5.75 Å². The number of hydrogen-bond acceptors (Lipinski definition) is 1. The standard InChI is InChI=1S/C17H17BrO/c1-19-17-11-14-8-6-12-2-4-13(5-3-12)7-9-15(17)10-16(14)18/h2-5,10-11H,6-9H2,1H3. The Balaban J connectivity index is 2.05. The first-order valence-electron chi connectivity index (χ1n) is 6.69. The summed E-state index contributed by atoms with van der Waals surface area (Å²) in [5.41, 5.74) is 5.40. The molecule has 0 spiro atoms. The van der Waals surface area contributed by atoms with Crippen molar-refractivity contribution in [2.45, 2.75) is 25.7 Å². The maximum atomic E-state index is 5.54. The third kappa shape index (κ3) is 2.69. The molecule has 0 amide bonds. The predicted octanol–water partition coefficient (Wildman–Crippen LogP) is 4.34. The molecule has 0 fully saturated rings. The van der Waals surface area contributed by atoms with Gasteiger partial charge in [-0.3, -0.25) is 0 Å². The quantitative estimate of drug-likeness (QED) is 0.760. The summed E-state index contributed by atoms with van der Waals surface area (Å²) in [5, 5.41) is 0. The number of rotatable bonds is 1. The minimum absolute atomic E-state index is 1.02. The molecule has 0 saturated carbocycles. The van der Waals surface area contributed by atoms with Gasteiger partial charge in [-0.05, 0) is 60.1 Å². The molecule has 4 aliphatic carbocycles. The molecule has 2 heteroatoms. The van der Waals surface area contributed by atoms with Crippen molar-refractivity contribution in [2.24, 2.45) is 0 Å². The summed E-state index contributed by atoms with van der Waals surface area (Å²) in [4.78, 5) is 0. The molecule has 0 atom stereocenters. The number of ether oxygens (including phenoxy) is 1. The van der Waals surface area contributed by atoms with E-state index < -0.39 is 0 Å². The van der Waals surface area contributed by atoms with Crippen LogP contribution in [0.1, 0.15) is 22.3 Å². The molecule has 4 aliphatic rings. The normalized spacial score (nSPS) is 14.0. The van der Waals surface area contributed by atoms with Gasteiger partial charge in [0, 0.05) is 4.47 Å². The van der Waals surface area contributed by atoms with Crippen LogP contribution < -0.4 is 4.74 Å². The molecular formula is C17H17BrO. The average Bonchev–Trinajstić information content (AvgIpc) is 2.43. The van der Waals surface area contributed by atoms with Crippen LogP contribution in [0.15, 0.2) is 40.9 Å². The van der Waals surface area contributed by atoms with Crippen molar-refractivity contribution >= 4 is 15.9 Å². The summed E-state index contributed by atoms with van der Waals surface area (Å²) in [6.07, 6.45) is 4.18. The Bertz CT molecular complexity index is 587. The summed E-state index contributed by atoms with van der Waals surface area (Å²) in [6.45, 7) is 0. The average molecular weight is 317 g/mol. The van der Waals surface area contributed by atoms with Crippen molar-refractivity contribution in [1.29, 1.82) is 0 Å². The molecule has 2 aromatic rings. The second-order valence-corrected chi connectivity index (χ2v) is 5.93. The molecule has 4 bridgehead atoms. The molecule has 6 rings (SSSR count). The van der Waals surface area contributed by atoms with Gasteiger partial charge in [0.1, 0.15) is 5.75 Å². The second kappa shape index (κ2) is 5.38. The Kier molecular flexibility index (Phi) is 3.61. The summed E-state index contributed by atoms with van der Waals surface area (Å²) < 4.78 is 6.75. The van der Waals surface area contributed by atoms with E-state index in [0.717, 1.165) is 31.4 Å². The fourth-order valence-electron chi connectivity index (χ4n) is 2.64. The monoisotopic (exact) mass is 316 g/mol. The molecule has 1 nitrogen and oxygen atoms in total. The number of methoxy groups -OCH3 is 1. The maximum absolute atomic E-state index is 5.54. The molecule has 0 N–H and O–H groups in total. The lowest BCUT2D eigenvalue weighted by Gasteiger charge is -2.15. The van der Waals surface area contributed by atoms with Crippen LogP contribution >= 0.6 is 15.9 Å². The zero-order chi connectivity index (χ0) is 13.2. The summed E-state index contributed by atoms with van der Waals surface area (Å²) in [7, 11) is 1.76. The fraction of sp³-hybridized carbons (Fsp3) is 0.294. The van der Waals surface area contributed by atoms with Gasteiger partial charge in [-0.15, -0.1) is 0 Å². The second-order valence-electron chi connectivity index (χ2n) is 5.07. The third-order valence-corrected chi connectivity index (χ3v) is 4.58. The van der Waals surface area contributed by atoms with Crippen LogP contribution in [0.4, 0.5) is 0 Å². The van der Waals surface area contributed by atoms with Crippen molar-refractivity contribution in [3.05, 3.63) is 63.1 Å². The van der Waals surface area contributed by atoms with E-state index in [-0.39, 0.29) is 0 Å². The Morgan fingerprint density at radius 3 is 2.00 bits per heavy atom. The van der Waals surface area contributed by atoms with Crippen LogP contribution in [0.25, 0.3) is 0 Å². The zero-order valence-electron chi connectivity index (χ0n) is 11.1. The van der Waals surface area contributed by atoms with Gasteiger partial charge in [-0.1, -0.05) is 40.2 Å². The lowest BCUT2D eigenvalue weighted by molar-refractivity contribution is 0.409. The first-order valence-corrected chi connectivity index (χ1v) is 7.48. The molecular weight excluding hydrogens is 300 g/mol. The molecule has 2 aromatic carbocycles. The topological polar surface area (TPSA) is 9.23 Å². The SMILES string of the molecule is COc1cc2c(Br)cc1CCc1ccc(cc1)CC2. The van der Waals surface area contributed by atoms with Gasteiger partial charge in [0.2, 0.25) is 0 Å². The van der Waals surface area contributed by atoms with Crippen LogP contribution in [0.2, 0.25) is 0 Å². The Labute approximate surface area is 122 Å². The van der Waals surface area contributed by atoms with Gasteiger partial charge in [0.15, 0.2) is 0 Å². The minimum atomic E-state index is 1.02. The highest BCUT2D eigenvalue weighted by molar-refractivity contribution is 9.10. The van der Waals surface area contributed by atoms with Gasteiger partial charge < -0.3 is 4.74 Å². The van der Waals surface area contributed by atoms with Gasteiger partial charge in [0.25, 0.3) is 0 Å². The highest BCUT2D eigenvalue weighted by Gasteiger charge is 2.11. The smallest absolute Gasteiger partial charge is 0.122 e. The number of halogens is 1. The Hall–Kier alpha value is -1.28. The molecule has 98 valence electrons. The molecule has 0 aliphatic heterocycles. The zero-order valence-corrected chi connectivity index (χ0v) is 12.7. The summed E-state index contributed by atoms with van der Waals surface area (Å²) in [5.74, 6) is 1.02. The first kappa shape index (κ1) is 12.7. The van der Waals surface area contributed by atoms with Crippen molar-refractivity contribution in [1.82, 2.24) is 0 Å². The van der Waals surface area contributed by atoms with Crippen molar-refractivity contribution in [3.63, 3.8) is 0 Å². The third-order valence-electron chi connectivity index (χ3n) is 3.84. The maximum Gasteiger partial charge on any atom is 0.122 e. The van der Waals surface area contributed by atoms with Crippen LogP contribution in [0, 0.1) is 0 Å². The van der Waals surface area contributed by atoms with E-state index in [1.807, 2.05) is 0 Å². The number of aryl methyl sites for hydroxylation is 4. The Morgan fingerprint density at radius 1 is 0.842 bits per heavy atom. The molecule has 0 unspecified atom stereocenters. The van der Waals surface area contributed by atoms with E-state index in [1.54, 1.807) is 7.11 Å². The van der Waals surface area contributed by atoms with Crippen LogP contribution in [-0.4, -0.2) is 7.11 Å². The van der Waals surface area contributed by atoms with E-state index in [2.05, 4.69) is 52.3 Å². The van der Waals surface area contributed by atoms with Crippen LogP contribution in [-0.2, 0) is 25.7 Å². The lowest BCUT2D eigenvalue weighted by atomic mass is 9.96. The molecule has 19 heavy (non-hydrogen) atoms. The van der Waals surface area contributed by atoms with E-state index >= 15 is 0 Å². The highest BCUT2D eigenvalue weighted by Crippen LogP contribution is 2.30. The molecule has 0 heterocycles. The highest BCUT2D eigenvalue weighted by atomic mass is 79.9. The van der Waals surface area contributed by atoms with Crippen LogP contribution in [0.3, 0.4) is 0 Å². The van der Waals surface area contributed by atoms with E-state index in [1.165, 1.54) is 26.7 Å². The number of hydrogen-bond donors (Lipinski definition) is 0. The fourth-order valence-corrected chi connectivity index (χ4v) is 3.23. The predicted molar refractivity (Wildman–Crippen MR) is 82.0 cm³/mol. The van der Waals surface area contributed by atoms with Crippen molar-refractivity contribution < 1.29 is 4.74 Å². The molecule has 0 saturated heterocycles. The number of benzene rings is 2. The van der Waals surface area contributed by atoms with Gasteiger partial charge >= 0.3 is 0 Å². The van der Waals surface area contributed by atoms with E-state index in [9.17, 15) is 0 Å². The Morgan fingerprint density at radius 2 is 1.42 bits per heavy atom. The first-order chi connectivity index (χ1) is 9.26. The largest absolute Gasteiger partial charge is 0.496 e. The molecule has 0 aromatic heterocycles. The van der Waals surface area contributed by atoms with Crippen LogP contribution in [0.5, 0.6) is 5.75 Å². The summed E-state index contributed by atoms with van der Waals surface area (Å²) in [6, 6.07) is 13.4. The molecule has 0 radical (unpaired) electrons. The van der Waals surface area contributed by atoms with E-state index in [0.29, 0.717) is 0 Å². The van der Waals surface area contributed by atoms with Gasteiger partial charge in [-0.25, -0.2) is 0 Å². The van der Waals surface area contributed by atoms with Crippen molar-refractivity contribution in [2.75, 3.05) is 7.11 Å². The van der Waals surface area contributed by atoms with E-state index in [4.69, 9.17) is 4.74 Å². The van der Waals surface area contributed by atoms with Gasteiger partial charge in [0.05, 0.1) is 7.11 Å².